The molecule has 34 heavy (non-hydrogen) atoms. The van der Waals surface area contributed by atoms with Crippen LogP contribution in [0, 0.1) is 18.8 Å². The molecule has 0 spiro atoms. The first-order chi connectivity index (χ1) is 16.3. The third-order valence-corrected chi connectivity index (χ3v) is 6.52. The van der Waals surface area contributed by atoms with E-state index in [9.17, 15) is 18.3 Å². The van der Waals surface area contributed by atoms with Gasteiger partial charge in [0, 0.05) is 28.9 Å². The van der Waals surface area contributed by atoms with Crippen molar-refractivity contribution in [3.8, 4) is 17.6 Å². The van der Waals surface area contributed by atoms with E-state index in [1.807, 2.05) is 6.07 Å². The minimum atomic E-state index is -3.98. The second-order valence-electron chi connectivity index (χ2n) is 7.27. The number of nitrogens with one attached hydrogen (secondary N) is 1. The van der Waals surface area contributed by atoms with E-state index in [2.05, 4.69) is 26.5 Å². The summed E-state index contributed by atoms with van der Waals surface area (Å²) in [6, 6.07) is 15.3. The molecule has 0 bridgehead atoms. The van der Waals surface area contributed by atoms with Gasteiger partial charge in [-0.2, -0.15) is 0 Å². The lowest BCUT2D eigenvalue weighted by Crippen LogP contribution is -2.16. The van der Waals surface area contributed by atoms with Gasteiger partial charge in [-0.1, -0.05) is 42.2 Å². The number of aromatic carboxylic acids is 1. The molecule has 2 aromatic heterocycles. The van der Waals surface area contributed by atoms with Crippen molar-refractivity contribution < 1.29 is 23.1 Å². The van der Waals surface area contributed by atoms with Gasteiger partial charge in [0.25, 0.3) is 10.0 Å². The van der Waals surface area contributed by atoms with Crippen LogP contribution in [-0.4, -0.2) is 36.6 Å². The van der Waals surface area contributed by atoms with Gasteiger partial charge >= 0.3 is 5.97 Å². The molecule has 2 N–H and O–H groups in total. The number of carbonyl (C=O) groups is 1. The zero-order chi connectivity index (χ0) is 24.3. The summed E-state index contributed by atoms with van der Waals surface area (Å²) in [4.78, 5) is 19.5. The van der Waals surface area contributed by atoms with E-state index in [1.54, 1.807) is 55.6 Å². The Labute approximate surface area is 196 Å². The summed E-state index contributed by atoms with van der Waals surface area (Å²) in [5.74, 6) is 4.66. The molecule has 4 aromatic rings. The number of benzene rings is 2. The summed E-state index contributed by atoms with van der Waals surface area (Å²) >= 11 is 0. The van der Waals surface area contributed by atoms with Crippen molar-refractivity contribution in [2.24, 2.45) is 0 Å². The number of anilines is 1. The fourth-order valence-corrected chi connectivity index (χ4v) is 4.89. The van der Waals surface area contributed by atoms with Crippen LogP contribution in [0.3, 0.4) is 0 Å². The maximum atomic E-state index is 13.4. The van der Waals surface area contributed by atoms with E-state index in [4.69, 9.17) is 4.74 Å². The van der Waals surface area contributed by atoms with Crippen molar-refractivity contribution in [3.63, 3.8) is 0 Å². The molecule has 2 aromatic carbocycles. The maximum Gasteiger partial charge on any atom is 0.358 e. The van der Waals surface area contributed by atoms with E-state index in [-0.39, 0.29) is 16.3 Å². The van der Waals surface area contributed by atoms with E-state index >= 15 is 0 Å². The van der Waals surface area contributed by atoms with Gasteiger partial charge in [0.15, 0.2) is 11.4 Å². The number of hydrogen-bond acceptors (Lipinski definition) is 6. The number of carboxylic acid groups (broad SMARTS) is 1. The molecule has 0 saturated carbocycles. The molecular formula is C25H19N3O5S. The summed E-state index contributed by atoms with van der Waals surface area (Å²) in [6.45, 7) is 1.72. The van der Waals surface area contributed by atoms with Gasteiger partial charge in [0.1, 0.15) is 4.90 Å². The number of ether oxygens (including phenoxy) is 1. The standard InChI is InChI=1S/C25H19N3O5S/c1-16-9-11-19-7-5-13-26-22(19)24(16)34(31,32)28-20-8-4-3-6-18(20)12-10-17-14-21(33-2)23(25(29)30)27-15-17/h3-9,11,13-15,28H,1-2H3,(H,29,30). The van der Waals surface area contributed by atoms with Crippen molar-refractivity contribution in [2.75, 3.05) is 11.8 Å². The molecule has 0 radical (unpaired) electrons. The Bertz CT molecular complexity index is 1590. The Morgan fingerprint density at radius 1 is 1.06 bits per heavy atom. The fraction of sp³-hybridized carbons (Fsp3) is 0.0800. The second-order valence-corrected chi connectivity index (χ2v) is 8.89. The summed E-state index contributed by atoms with van der Waals surface area (Å²) in [7, 11) is -2.64. The fourth-order valence-electron chi connectivity index (χ4n) is 3.40. The zero-order valence-corrected chi connectivity index (χ0v) is 19.1. The maximum absolute atomic E-state index is 13.4. The normalized spacial score (nSPS) is 10.9. The second kappa shape index (κ2) is 9.21. The first kappa shape index (κ1) is 22.8. The zero-order valence-electron chi connectivity index (χ0n) is 18.2. The van der Waals surface area contributed by atoms with Gasteiger partial charge in [-0.15, -0.1) is 0 Å². The van der Waals surface area contributed by atoms with Crippen molar-refractivity contribution in [3.05, 3.63) is 89.4 Å². The summed E-state index contributed by atoms with van der Waals surface area (Å²) in [5.41, 5.74) is 1.87. The van der Waals surface area contributed by atoms with Crippen molar-refractivity contribution in [2.45, 2.75) is 11.8 Å². The van der Waals surface area contributed by atoms with Crippen LogP contribution in [0.25, 0.3) is 10.9 Å². The largest absolute Gasteiger partial charge is 0.494 e. The highest BCUT2D eigenvalue weighted by Crippen LogP contribution is 2.27. The molecule has 0 unspecified atom stereocenters. The summed E-state index contributed by atoms with van der Waals surface area (Å²) in [5, 5.41) is 9.89. The first-order valence-corrected chi connectivity index (χ1v) is 11.5. The van der Waals surface area contributed by atoms with Crippen LogP contribution in [0.15, 0.2) is 71.9 Å². The minimum Gasteiger partial charge on any atom is -0.494 e. The van der Waals surface area contributed by atoms with Gasteiger partial charge in [0.2, 0.25) is 0 Å². The topological polar surface area (TPSA) is 118 Å². The Kier molecular flexibility index (Phi) is 6.17. The molecular weight excluding hydrogens is 454 g/mol. The quantitative estimate of drug-likeness (QED) is 0.423. The van der Waals surface area contributed by atoms with Crippen molar-refractivity contribution in [1.29, 1.82) is 0 Å². The molecule has 0 aliphatic heterocycles. The number of nitrogens with zero attached hydrogens (tertiary/aromatic N) is 2. The number of aryl methyl sites for hydroxylation is 1. The summed E-state index contributed by atoms with van der Waals surface area (Å²) < 4.78 is 34.4. The molecule has 0 atom stereocenters. The number of carboxylic acids is 1. The van der Waals surface area contributed by atoms with Crippen LogP contribution in [0.1, 0.15) is 27.2 Å². The molecule has 4 rings (SSSR count). The highest BCUT2D eigenvalue weighted by Gasteiger charge is 2.22. The van der Waals surface area contributed by atoms with Crippen molar-refractivity contribution >= 4 is 32.6 Å². The highest BCUT2D eigenvalue weighted by atomic mass is 32.2. The number of methoxy groups -OCH3 is 1. The van der Waals surface area contributed by atoms with Crippen LogP contribution >= 0.6 is 0 Å². The number of rotatable bonds is 5. The Balaban J connectivity index is 1.72. The molecule has 170 valence electrons. The van der Waals surface area contributed by atoms with Crippen LogP contribution in [0.5, 0.6) is 5.75 Å². The predicted octanol–water partition coefficient (Wildman–Crippen LogP) is 3.85. The Hall–Kier alpha value is -4.42. The van der Waals surface area contributed by atoms with E-state index < -0.39 is 16.0 Å². The van der Waals surface area contributed by atoms with Gasteiger partial charge < -0.3 is 9.84 Å². The van der Waals surface area contributed by atoms with Gasteiger partial charge in [-0.05, 0) is 36.8 Å². The van der Waals surface area contributed by atoms with E-state index in [0.29, 0.717) is 33.3 Å². The van der Waals surface area contributed by atoms with Crippen LogP contribution in [0.2, 0.25) is 0 Å². The molecule has 0 amide bonds. The molecule has 0 aliphatic carbocycles. The van der Waals surface area contributed by atoms with Gasteiger partial charge in [0.05, 0.1) is 18.3 Å². The Morgan fingerprint density at radius 2 is 1.85 bits per heavy atom. The predicted molar refractivity (Wildman–Crippen MR) is 127 cm³/mol. The minimum absolute atomic E-state index is 0.0761. The van der Waals surface area contributed by atoms with Crippen LogP contribution in [0.4, 0.5) is 5.69 Å². The van der Waals surface area contributed by atoms with Gasteiger partial charge in [-0.25, -0.2) is 18.2 Å². The number of sulfonamides is 1. The smallest absolute Gasteiger partial charge is 0.358 e. The first-order valence-electron chi connectivity index (χ1n) is 10.1. The van der Waals surface area contributed by atoms with E-state index in [1.165, 1.54) is 19.4 Å². The molecule has 8 nitrogen and oxygen atoms in total. The number of para-hydroxylation sites is 1. The lowest BCUT2D eigenvalue weighted by atomic mass is 10.1. The lowest BCUT2D eigenvalue weighted by molar-refractivity contribution is 0.0686. The number of fused-ring (bicyclic) bond motifs is 1. The number of hydrogen-bond donors (Lipinski definition) is 2. The van der Waals surface area contributed by atoms with Crippen molar-refractivity contribution in [1.82, 2.24) is 9.97 Å². The lowest BCUT2D eigenvalue weighted by Gasteiger charge is -2.13. The van der Waals surface area contributed by atoms with Gasteiger partial charge in [-0.3, -0.25) is 9.71 Å². The third kappa shape index (κ3) is 4.53. The SMILES string of the molecule is COc1cc(C#Cc2ccccc2NS(=O)(=O)c2c(C)ccc3cccnc23)cnc1C(=O)O. The monoisotopic (exact) mass is 473 g/mol. The van der Waals surface area contributed by atoms with Crippen LogP contribution < -0.4 is 9.46 Å². The number of pyridine rings is 2. The number of aromatic nitrogens is 2. The third-order valence-electron chi connectivity index (χ3n) is 4.98. The average molecular weight is 474 g/mol. The molecule has 9 heteroatoms. The molecule has 2 heterocycles. The molecule has 0 aliphatic rings. The average Bonchev–Trinajstić information content (AvgIpc) is 2.82. The van der Waals surface area contributed by atoms with E-state index in [0.717, 1.165) is 0 Å². The van der Waals surface area contributed by atoms with Crippen LogP contribution in [-0.2, 0) is 10.0 Å². The summed E-state index contributed by atoms with van der Waals surface area (Å²) in [6.07, 6.45) is 2.87. The molecule has 0 fully saturated rings. The molecule has 0 saturated heterocycles. The highest BCUT2D eigenvalue weighted by molar-refractivity contribution is 7.93. The Morgan fingerprint density at radius 3 is 2.62 bits per heavy atom.